The Kier molecular flexibility index (Phi) is 8.67. The summed E-state index contributed by atoms with van der Waals surface area (Å²) < 4.78 is 17.0. The third-order valence-corrected chi connectivity index (χ3v) is 6.92. The van der Waals surface area contributed by atoms with E-state index in [4.69, 9.17) is 14.2 Å². The van der Waals surface area contributed by atoms with Gasteiger partial charge >= 0.3 is 6.09 Å². The van der Waals surface area contributed by atoms with E-state index in [0.29, 0.717) is 50.3 Å². The van der Waals surface area contributed by atoms with E-state index in [0.717, 1.165) is 16.7 Å². The first kappa shape index (κ1) is 26.1. The molecule has 3 aromatic rings. The molecule has 1 heterocycles. The van der Waals surface area contributed by atoms with Gasteiger partial charge in [0.25, 0.3) is 0 Å². The van der Waals surface area contributed by atoms with E-state index in [-0.39, 0.29) is 12.5 Å². The fraction of sp³-hybridized carbons (Fsp3) is 0.333. The zero-order chi connectivity index (χ0) is 26.1. The molecule has 1 N–H and O–H groups in total. The second-order valence-electron chi connectivity index (χ2n) is 9.11. The van der Waals surface area contributed by atoms with Crippen LogP contribution < -0.4 is 14.8 Å². The van der Waals surface area contributed by atoms with Crippen LogP contribution in [0.5, 0.6) is 11.5 Å². The van der Waals surface area contributed by atoms with Gasteiger partial charge in [-0.15, -0.1) is 0 Å². The SMILES string of the molecule is COc1cccc(OC)c1CNC(=O)OC1(c2ccccc2)CCN(C(=O)CCc2ccccc2)CC1. The largest absolute Gasteiger partial charge is 0.496 e. The molecule has 7 nitrogen and oxygen atoms in total. The molecule has 4 rings (SSSR count). The van der Waals surface area contributed by atoms with E-state index in [1.807, 2.05) is 83.8 Å². The summed E-state index contributed by atoms with van der Waals surface area (Å²) in [6.45, 7) is 1.24. The van der Waals surface area contributed by atoms with Crippen LogP contribution in [0, 0.1) is 0 Å². The molecule has 7 heteroatoms. The van der Waals surface area contributed by atoms with E-state index in [1.165, 1.54) is 0 Å². The first-order chi connectivity index (χ1) is 18.0. The first-order valence-corrected chi connectivity index (χ1v) is 12.6. The topological polar surface area (TPSA) is 77.1 Å². The predicted molar refractivity (Wildman–Crippen MR) is 142 cm³/mol. The second-order valence-corrected chi connectivity index (χ2v) is 9.11. The van der Waals surface area contributed by atoms with Crippen LogP contribution in [-0.2, 0) is 28.1 Å². The maximum atomic E-state index is 13.0. The van der Waals surface area contributed by atoms with Crippen molar-refractivity contribution >= 4 is 12.0 Å². The summed E-state index contributed by atoms with van der Waals surface area (Å²) in [6.07, 6.45) is 1.70. The predicted octanol–water partition coefficient (Wildman–Crippen LogP) is 5.08. The van der Waals surface area contributed by atoms with Crippen molar-refractivity contribution in [1.29, 1.82) is 0 Å². The number of nitrogens with zero attached hydrogens (tertiary/aromatic N) is 1. The van der Waals surface area contributed by atoms with Crippen molar-refractivity contribution in [2.24, 2.45) is 0 Å². The monoisotopic (exact) mass is 502 g/mol. The number of aryl methyl sites for hydroxylation is 1. The molecular formula is C30H34N2O5. The van der Waals surface area contributed by atoms with Crippen LogP contribution in [0.2, 0.25) is 0 Å². The zero-order valence-corrected chi connectivity index (χ0v) is 21.4. The van der Waals surface area contributed by atoms with Crippen LogP contribution >= 0.6 is 0 Å². The number of amides is 2. The lowest BCUT2D eigenvalue weighted by Crippen LogP contribution is -2.48. The lowest BCUT2D eigenvalue weighted by molar-refractivity contribution is -0.135. The number of piperidine rings is 1. The van der Waals surface area contributed by atoms with Crippen molar-refractivity contribution in [3.8, 4) is 11.5 Å². The average Bonchev–Trinajstić information content (AvgIpc) is 2.96. The van der Waals surface area contributed by atoms with Crippen LogP contribution in [-0.4, -0.2) is 44.2 Å². The van der Waals surface area contributed by atoms with Gasteiger partial charge in [0.15, 0.2) is 0 Å². The van der Waals surface area contributed by atoms with Crippen molar-refractivity contribution < 1.29 is 23.8 Å². The van der Waals surface area contributed by atoms with Crippen LogP contribution in [0.25, 0.3) is 0 Å². The van der Waals surface area contributed by atoms with Crippen LogP contribution in [0.3, 0.4) is 0 Å². The van der Waals surface area contributed by atoms with Crippen molar-refractivity contribution in [1.82, 2.24) is 10.2 Å². The van der Waals surface area contributed by atoms with Gasteiger partial charge in [-0.25, -0.2) is 4.79 Å². The fourth-order valence-electron chi connectivity index (χ4n) is 4.84. The van der Waals surface area contributed by atoms with Gasteiger partial charge in [0.2, 0.25) is 5.91 Å². The molecule has 0 aliphatic carbocycles. The van der Waals surface area contributed by atoms with Crippen molar-refractivity contribution in [3.63, 3.8) is 0 Å². The zero-order valence-electron chi connectivity index (χ0n) is 21.4. The van der Waals surface area contributed by atoms with Crippen LogP contribution in [0.15, 0.2) is 78.9 Å². The molecule has 37 heavy (non-hydrogen) atoms. The molecular weight excluding hydrogens is 468 g/mol. The molecule has 2 amide bonds. The Labute approximate surface area is 218 Å². The Hall–Kier alpha value is -4.00. The Morgan fingerprint density at radius 1 is 0.838 bits per heavy atom. The van der Waals surface area contributed by atoms with Crippen molar-refractivity contribution in [2.45, 2.75) is 37.8 Å². The number of nitrogens with one attached hydrogen (secondary N) is 1. The fourth-order valence-corrected chi connectivity index (χ4v) is 4.84. The third kappa shape index (κ3) is 6.42. The molecule has 0 bridgehead atoms. The normalized spacial score (nSPS) is 14.5. The third-order valence-electron chi connectivity index (χ3n) is 6.92. The quantitative estimate of drug-likeness (QED) is 0.442. The Bertz CT molecular complexity index is 1150. The number of hydrogen-bond donors (Lipinski definition) is 1. The highest BCUT2D eigenvalue weighted by atomic mass is 16.6. The van der Waals surface area contributed by atoms with E-state index in [1.54, 1.807) is 14.2 Å². The highest BCUT2D eigenvalue weighted by molar-refractivity contribution is 5.76. The second kappa shape index (κ2) is 12.3. The molecule has 1 aliphatic heterocycles. The first-order valence-electron chi connectivity index (χ1n) is 12.6. The number of likely N-dealkylation sites (tertiary alicyclic amines) is 1. The number of benzene rings is 3. The summed E-state index contributed by atoms with van der Waals surface area (Å²) in [6, 6.07) is 25.3. The lowest BCUT2D eigenvalue weighted by atomic mass is 9.84. The maximum Gasteiger partial charge on any atom is 0.408 e. The minimum atomic E-state index is -0.813. The van der Waals surface area contributed by atoms with Gasteiger partial charge in [-0.3, -0.25) is 4.79 Å². The number of ether oxygens (including phenoxy) is 3. The van der Waals surface area contributed by atoms with Gasteiger partial charge in [-0.05, 0) is 29.7 Å². The van der Waals surface area contributed by atoms with Crippen molar-refractivity contribution in [2.75, 3.05) is 27.3 Å². The van der Waals surface area contributed by atoms with E-state index >= 15 is 0 Å². The number of rotatable bonds is 9. The smallest absolute Gasteiger partial charge is 0.408 e. The van der Waals surface area contributed by atoms with Gasteiger partial charge in [0.05, 0.1) is 26.3 Å². The highest BCUT2D eigenvalue weighted by Gasteiger charge is 2.41. The van der Waals surface area contributed by atoms with Gasteiger partial charge in [-0.2, -0.15) is 0 Å². The number of carbonyl (C=O) groups is 2. The molecule has 1 fully saturated rings. The molecule has 1 aliphatic rings. The molecule has 0 unspecified atom stereocenters. The molecule has 3 aromatic carbocycles. The van der Waals surface area contributed by atoms with Crippen molar-refractivity contribution in [3.05, 3.63) is 95.6 Å². The Morgan fingerprint density at radius 3 is 2.03 bits per heavy atom. The standard InChI is InChI=1S/C30H34N2O5/c1-35-26-14-9-15-27(36-2)25(26)22-31-29(34)37-30(24-12-7-4-8-13-24)18-20-32(21-19-30)28(33)17-16-23-10-5-3-6-11-23/h3-15H,16-22H2,1-2H3,(H,31,34). The van der Waals surface area contributed by atoms with Gasteiger partial charge in [0, 0.05) is 32.4 Å². The number of carbonyl (C=O) groups excluding carboxylic acids is 2. The molecule has 0 saturated carbocycles. The molecule has 0 radical (unpaired) electrons. The average molecular weight is 503 g/mol. The molecule has 1 saturated heterocycles. The summed E-state index contributed by atoms with van der Waals surface area (Å²) in [5.74, 6) is 1.37. The van der Waals surface area contributed by atoms with Gasteiger partial charge in [0.1, 0.15) is 17.1 Å². The highest BCUT2D eigenvalue weighted by Crippen LogP contribution is 2.37. The molecule has 194 valence electrons. The summed E-state index contributed by atoms with van der Waals surface area (Å²) in [5.41, 5.74) is 2.00. The minimum absolute atomic E-state index is 0.123. The lowest BCUT2D eigenvalue weighted by Gasteiger charge is -2.41. The summed E-state index contributed by atoms with van der Waals surface area (Å²) in [5, 5.41) is 2.86. The Balaban J connectivity index is 1.41. The van der Waals surface area contributed by atoms with E-state index < -0.39 is 11.7 Å². The molecule has 0 atom stereocenters. The van der Waals surface area contributed by atoms with Crippen LogP contribution in [0.1, 0.15) is 36.0 Å². The minimum Gasteiger partial charge on any atom is -0.496 e. The van der Waals surface area contributed by atoms with Crippen LogP contribution in [0.4, 0.5) is 4.79 Å². The van der Waals surface area contributed by atoms with E-state index in [2.05, 4.69) is 5.32 Å². The number of methoxy groups -OCH3 is 2. The molecule has 0 aromatic heterocycles. The van der Waals surface area contributed by atoms with E-state index in [9.17, 15) is 9.59 Å². The number of hydrogen-bond acceptors (Lipinski definition) is 5. The van der Waals surface area contributed by atoms with Gasteiger partial charge in [-0.1, -0.05) is 66.7 Å². The summed E-state index contributed by atoms with van der Waals surface area (Å²) in [7, 11) is 3.16. The van der Waals surface area contributed by atoms with Gasteiger partial charge < -0.3 is 24.4 Å². The summed E-state index contributed by atoms with van der Waals surface area (Å²) in [4.78, 5) is 27.8. The number of alkyl carbamates (subject to hydrolysis) is 1. The maximum absolute atomic E-state index is 13.0. The molecule has 0 spiro atoms. The summed E-state index contributed by atoms with van der Waals surface area (Å²) >= 11 is 0. The Morgan fingerprint density at radius 2 is 1.43 bits per heavy atom.